The van der Waals surface area contributed by atoms with Crippen molar-refractivity contribution in [3.05, 3.63) is 76.1 Å². The van der Waals surface area contributed by atoms with Crippen LogP contribution in [0.25, 0.3) is 17.2 Å². The van der Waals surface area contributed by atoms with E-state index in [9.17, 15) is 14.4 Å². The van der Waals surface area contributed by atoms with Crippen molar-refractivity contribution in [3.8, 4) is 16.9 Å². The number of anilines is 1. The van der Waals surface area contributed by atoms with Crippen LogP contribution in [0.4, 0.5) is 5.00 Å². The molecule has 0 saturated heterocycles. The Kier molecular flexibility index (Phi) is 8.84. The molecule has 34 heavy (non-hydrogen) atoms. The van der Waals surface area contributed by atoms with E-state index >= 15 is 0 Å². The van der Waals surface area contributed by atoms with E-state index in [0.29, 0.717) is 21.3 Å². The molecule has 1 N–H and O–H groups in total. The average molecular weight is 500 g/mol. The van der Waals surface area contributed by atoms with E-state index in [1.54, 1.807) is 74.0 Å². The van der Waals surface area contributed by atoms with Crippen molar-refractivity contribution in [2.24, 2.45) is 0 Å². The first-order valence-electron chi connectivity index (χ1n) is 10.2. The third-order valence-corrected chi connectivity index (χ3v) is 5.70. The van der Waals surface area contributed by atoms with Crippen molar-refractivity contribution in [1.29, 1.82) is 0 Å². The SMILES string of the molecule is CCOC(=O)c1c(-c2ccc(Cl)cc2)csc1NC(=O)COC(=O)/C=C/c1ccc(OC)cc1. The van der Waals surface area contributed by atoms with Crippen LogP contribution in [-0.2, 0) is 19.1 Å². The zero-order chi connectivity index (χ0) is 24.5. The van der Waals surface area contributed by atoms with E-state index in [-0.39, 0.29) is 12.2 Å². The highest BCUT2D eigenvalue weighted by Gasteiger charge is 2.23. The highest BCUT2D eigenvalue weighted by atomic mass is 35.5. The standard InChI is InChI=1S/C25H22ClNO6S/c1-3-32-25(30)23-20(17-7-9-18(26)10-8-17)15-34-24(23)27-21(28)14-33-22(29)13-6-16-4-11-19(31-2)12-5-16/h4-13,15H,3,14H2,1-2H3,(H,27,28)/b13-6+. The average Bonchev–Trinajstić information content (AvgIpc) is 3.25. The summed E-state index contributed by atoms with van der Waals surface area (Å²) >= 11 is 7.13. The summed E-state index contributed by atoms with van der Waals surface area (Å²) < 4.78 is 15.3. The molecule has 0 atom stereocenters. The summed E-state index contributed by atoms with van der Waals surface area (Å²) in [5.41, 5.74) is 2.36. The van der Waals surface area contributed by atoms with Gasteiger partial charge in [-0.25, -0.2) is 9.59 Å². The molecule has 0 unspecified atom stereocenters. The molecule has 9 heteroatoms. The molecule has 2 aromatic carbocycles. The summed E-state index contributed by atoms with van der Waals surface area (Å²) in [6, 6.07) is 14.0. The molecule has 3 rings (SSSR count). The minimum Gasteiger partial charge on any atom is -0.497 e. The molecule has 0 spiro atoms. The molecule has 0 bridgehead atoms. The Hall–Kier alpha value is -3.62. The fraction of sp³-hybridized carbons (Fsp3) is 0.160. The first-order chi connectivity index (χ1) is 16.4. The van der Waals surface area contributed by atoms with E-state index in [4.69, 9.17) is 25.8 Å². The van der Waals surface area contributed by atoms with Gasteiger partial charge >= 0.3 is 11.9 Å². The van der Waals surface area contributed by atoms with Gasteiger partial charge in [0.15, 0.2) is 6.61 Å². The van der Waals surface area contributed by atoms with Crippen LogP contribution < -0.4 is 10.1 Å². The Morgan fingerprint density at radius 1 is 1.03 bits per heavy atom. The second-order valence-corrected chi connectivity index (χ2v) is 8.16. The number of esters is 2. The topological polar surface area (TPSA) is 90.9 Å². The minimum absolute atomic E-state index is 0.181. The number of carbonyl (C=O) groups is 3. The number of amides is 1. The second-order valence-electron chi connectivity index (χ2n) is 6.84. The van der Waals surface area contributed by atoms with Crippen LogP contribution in [0.15, 0.2) is 60.0 Å². The number of nitrogens with one attached hydrogen (secondary N) is 1. The van der Waals surface area contributed by atoms with Gasteiger partial charge in [-0.2, -0.15) is 0 Å². The van der Waals surface area contributed by atoms with Gasteiger partial charge in [0.05, 0.1) is 13.7 Å². The normalized spacial score (nSPS) is 10.7. The molecular formula is C25H22ClNO6S. The van der Waals surface area contributed by atoms with Gasteiger partial charge in [-0.1, -0.05) is 35.9 Å². The van der Waals surface area contributed by atoms with Crippen LogP contribution >= 0.6 is 22.9 Å². The molecule has 7 nitrogen and oxygen atoms in total. The number of hydrogen-bond acceptors (Lipinski definition) is 7. The van der Waals surface area contributed by atoms with E-state index < -0.39 is 24.5 Å². The summed E-state index contributed by atoms with van der Waals surface area (Å²) in [7, 11) is 1.57. The summed E-state index contributed by atoms with van der Waals surface area (Å²) in [4.78, 5) is 37.0. The molecular weight excluding hydrogens is 478 g/mol. The second kappa shape index (κ2) is 12.0. The number of hydrogen-bond donors (Lipinski definition) is 1. The third kappa shape index (κ3) is 6.69. The highest BCUT2D eigenvalue weighted by molar-refractivity contribution is 7.15. The predicted molar refractivity (Wildman–Crippen MR) is 132 cm³/mol. The summed E-state index contributed by atoms with van der Waals surface area (Å²) in [5, 5.41) is 5.24. The molecule has 0 aliphatic carbocycles. The van der Waals surface area contributed by atoms with E-state index in [1.165, 1.54) is 17.4 Å². The van der Waals surface area contributed by atoms with Crippen LogP contribution in [0.5, 0.6) is 5.75 Å². The Morgan fingerprint density at radius 2 is 1.74 bits per heavy atom. The number of benzene rings is 2. The summed E-state index contributed by atoms with van der Waals surface area (Å²) in [6.07, 6.45) is 2.79. The first-order valence-corrected chi connectivity index (χ1v) is 11.5. The van der Waals surface area contributed by atoms with Crippen molar-refractivity contribution < 1.29 is 28.6 Å². The van der Waals surface area contributed by atoms with Crippen LogP contribution in [-0.4, -0.2) is 38.2 Å². The fourth-order valence-corrected chi connectivity index (χ4v) is 4.02. The van der Waals surface area contributed by atoms with Crippen LogP contribution in [0.3, 0.4) is 0 Å². The molecule has 0 aliphatic rings. The number of carbonyl (C=O) groups excluding carboxylic acids is 3. The van der Waals surface area contributed by atoms with Gasteiger partial charge in [0.1, 0.15) is 16.3 Å². The first kappa shape index (κ1) is 25.0. The largest absolute Gasteiger partial charge is 0.497 e. The number of rotatable bonds is 9. The van der Waals surface area contributed by atoms with Crippen LogP contribution in [0.2, 0.25) is 5.02 Å². The van der Waals surface area contributed by atoms with Crippen molar-refractivity contribution >= 4 is 51.9 Å². The lowest BCUT2D eigenvalue weighted by atomic mass is 10.0. The lowest BCUT2D eigenvalue weighted by Gasteiger charge is -2.09. The Balaban J connectivity index is 1.65. The predicted octanol–water partition coefficient (Wildman–Crippen LogP) is 5.45. The maximum Gasteiger partial charge on any atom is 0.341 e. The monoisotopic (exact) mass is 499 g/mol. The molecule has 1 aromatic heterocycles. The minimum atomic E-state index is -0.676. The molecule has 0 radical (unpaired) electrons. The molecule has 0 aliphatic heterocycles. The summed E-state index contributed by atoms with van der Waals surface area (Å²) in [5.74, 6) is -1.12. The number of methoxy groups -OCH3 is 1. The fourth-order valence-electron chi connectivity index (χ4n) is 2.92. The van der Waals surface area contributed by atoms with E-state index in [1.807, 2.05) is 0 Å². The lowest BCUT2D eigenvalue weighted by Crippen LogP contribution is -2.21. The van der Waals surface area contributed by atoms with Crippen molar-refractivity contribution in [3.63, 3.8) is 0 Å². The molecule has 1 amide bonds. The van der Waals surface area contributed by atoms with Gasteiger partial charge in [-0.15, -0.1) is 11.3 Å². The highest BCUT2D eigenvalue weighted by Crippen LogP contribution is 2.36. The number of halogens is 1. The van der Waals surface area contributed by atoms with Crippen LogP contribution in [0.1, 0.15) is 22.8 Å². The summed E-state index contributed by atoms with van der Waals surface area (Å²) in [6.45, 7) is 1.37. The molecule has 3 aromatic rings. The molecule has 0 saturated carbocycles. The number of thiophene rings is 1. The lowest BCUT2D eigenvalue weighted by molar-refractivity contribution is -0.142. The van der Waals surface area contributed by atoms with E-state index in [0.717, 1.165) is 11.1 Å². The van der Waals surface area contributed by atoms with Gasteiger partial charge in [-0.05, 0) is 48.4 Å². The molecule has 0 fully saturated rings. The zero-order valence-electron chi connectivity index (χ0n) is 18.5. The smallest absolute Gasteiger partial charge is 0.341 e. The van der Waals surface area contributed by atoms with Gasteiger partial charge in [0.25, 0.3) is 5.91 Å². The molecule has 176 valence electrons. The van der Waals surface area contributed by atoms with Crippen molar-refractivity contribution in [1.82, 2.24) is 0 Å². The van der Waals surface area contributed by atoms with Gasteiger partial charge in [-0.3, -0.25) is 4.79 Å². The Bertz CT molecular complexity index is 1190. The Morgan fingerprint density at radius 3 is 2.38 bits per heavy atom. The van der Waals surface area contributed by atoms with Crippen molar-refractivity contribution in [2.75, 3.05) is 25.6 Å². The maximum atomic E-state index is 12.6. The quantitative estimate of drug-likeness (QED) is 0.311. The van der Waals surface area contributed by atoms with Crippen molar-refractivity contribution in [2.45, 2.75) is 6.92 Å². The maximum absolute atomic E-state index is 12.6. The van der Waals surface area contributed by atoms with Gasteiger partial charge in [0.2, 0.25) is 0 Å². The van der Waals surface area contributed by atoms with Gasteiger partial charge in [0, 0.05) is 22.0 Å². The number of ether oxygens (including phenoxy) is 3. The molecule has 1 heterocycles. The van der Waals surface area contributed by atoms with Gasteiger partial charge < -0.3 is 19.5 Å². The zero-order valence-corrected chi connectivity index (χ0v) is 20.1. The Labute approximate surface area is 205 Å². The van der Waals surface area contributed by atoms with E-state index in [2.05, 4.69) is 5.32 Å². The third-order valence-electron chi connectivity index (χ3n) is 4.55. The van der Waals surface area contributed by atoms with Crippen LogP contribution in [0, 0.1) is 0 Å².